The van der Waals surface area contributed by atoms with E-state index in [1.165, 1.54) is 0 Å². The van der Waals surface area contributed by atoms with Crippen LogP contribution < -0.4 is 5.73 Å². The molecule has 0 aliphatic heterocycles. The zero-order valence-electron chi connectivity index (χ0n) is 6.70. The second-order valence-corrected chi connectivity index (χ2v) is 4.33. The van der Waals surface area contributed by atoms with Crippen molar-refractivity contribution in [2.75, 3.05) is 5.73 Å². The molecule has 0 spiro atoms. The molecule has 0 aromatic carbocycles. The molecule has 0 saturated heterocycles. The Hall–Kier alpha value is -0.870. The minimum Gasteiger partial charge on any atom is -0.383 e. The lowest BCUT2D eigenvalue weighted by Crippen LogP contribution is -1.92. The fourth-order valence-electron chi connectivity index (χ4n) is 1.12. The Bertz CT molecular complexity index is 391. The van der Waals surface area contributed by atoms with Crippen molar-refractivity contribution in [3.63, 3.8) is 0 Å². The van der Waals surface area contributed by atoms with Gasteiger partial charge >= 0.3 is 0 Å². The van der Waals surface area contributed by atoms with Crippen LogP contribution in [0.5, 0.6) is 0 Å². The highest BCUT2D eigenvalue weighted by Gasteiger charge is 2.08. The zero-order chi connectivity index (χ0) is 9.26. The minimum absolute atomic E-state index is 0.567. The van der Waals surface area contributed by atoms with Gasteiger partial charge in [0.05, 0.1) is 0 Å². The number of nitrogens with zero attached hydrogens (tertiary/aromatic N) is 1. The molecule has 0 fully saturated rings. The second kappa shape index (κ2) is 3.47. The van der Waals surface area contributed by atoms with Gasteiger partial charge in [-0.15, -0.1) is 11.3 Å². The van der Waals surface area contributed by atoms with Gasteiger partial charge in [0.1, 0.15) is 5.82 Å². The fraction of sp³-hybridized carbons (Fsp3) is 0. The molecule has 0 saturated carbocycles. The van der Waals surface area contributed by atoms with Crippen LogP contribution in [0.4, 0.5) is 5.82 Å². The molecule has 4 heteroatoms. The third-order valence-electron chi connectivity index (χ3n) is 1.70. The average Bonchev–Trinajstić information content (AvgIpc) is 2.57. The predicted octanol–water partition coefficient (Wildman–Crippen LogP) is 3.15. The number of thiophene rings is 1. The normalized spacial score (nSPS) is 10.2. The van der Waals surface area contributed by atoms with Gasteiger partial charge in [0, 0.05) is 21.1 Å². The second-order valence-electron chi connectivity index (χ2n) is 2.53. The molecule has 0 unspecified atom stereocenters. The summed E-state index contributed by atoms with van der Waals surface area (Å²) < 4.78 is 0.988. The van der Waals surface area contributed by atoms with Crippen LogP contribution in [0.1, 0.15) is 0 Å². The van der Waals surface area contributed by atoms with Crippen LogP contribution in [0.3, 0.4) is 0 Å². The molecule has 0 radical (unpaired) electrons. The highest BCUT2D eigenvalue weighted by atomic mass is 79.9. The summed E-state index contributed by atoms with van der Waals surface area (Å²) in [5.74, 6) is 0.567. The van der Waals surface area contributed by atoms with Crippen molar-refractivity contribution in [2.45, 2.75) is 0 Å². The molecule has 2 aromatic rings. The number of nitrogen functional groups attached to an aromatic ring is 1. The van der Waals surface area contributed by atoms with Gasteiger partial charge in [-0.05, 0) is 33.4 Å². The predicted molar refractivity (Wildman–Crippen MR) is 59.7 cm³/mol. The van der Waals surface area contributed by atoms with E-state index in [2.05, 4.69) is 20.9 Å². The Kier molecular flexibility index (Phi) is 2.33. The number of halogens is 1. The van der Waals surface area contributed by atoms with Crippen LogP contribution >= 0.6 is 27.3 Å². The van der Waals surface area contributed by atoms with E-state index in [-0.39, 0.29) is 0 Å². The molecular weight excluding hydrogens is 248 g/mol. The number of aromatic nitrogens is 1. The number of hydrogen-bond acceptors (Lipinski definition) is 3. The molecule has 66 valence electrons. The molecule has 13 heavy (non-hydrogen) atoms. The Morgan fingerprint density at radius 1 is 1.38 bits per heavy atom. The largest absolute Gasteiger partial charge is 0.383 e. The van der Waals surface area contributed by atoms with E-state index < -0.39 is 0 Å². The third kappa shape index (κ3) is 1.59. The summed E-state index contributed by atoms with van der Waals surface area (Å²) in [4.78, 5) is 5.19. The number of nitrogens with two attached hydrogens (primary N) is 1. The first-order valence-electron chi connectivity index (χ1n) is 3.73. The molecule has 0 amide bonds. The van der Waals surface area contributed by atoms with Gasteiger partial charge in [0.15, 0.2) is 0 Å². The molecule has 2 heterocycles. The summed E-state index contributed by atoms with van der Waals surface area (Å²) in [7, 11) is 0. The molecule has 2 rings (SSSR count). The van der Waals surface area contributed by atoms with E-state index in [0.717, 1.165) is 14.9 Å². The van der Waals surface area contributed by atoms with Crippen molar-refractivity contribution in [3.05, 3.63) is 34.2 Å². The summed E-state index contributed by atoms with van der Waals surface area (Å²) in [6.07, 6.45) is 1.69. The Morgan fingerprint density at radius 2 is 2.23 bits per heavy atom. The van der Waals surface area contributed by atoms with Gasteiger partial charge in [0.2, 0.25) is 0 Å². The minimum atomic E-state index is 0.567. The smallest absolute Gasteiger partial charge is 0.133 e. The molecule has 2 N–H and O–H groups in total. The Morgan fingerprint density at radius 3 is 2.85 bits per heavy atom. The average molecular weight is 255 g/mol. The van der Waals surface area contributed by atoms with Crippen molar-refractivity contribution in [1.29, 1.82) is 0 Å². The molecule has 0 bridgehead atoms. The van der Waals surface area contributed by atoms with Crippen LogP contribution in [0, 0.1) is 0 Å². The fourth-order valence-corrected chi connectivity index (χ4v) is 2.58. The lowest BCUT2D eigenvalue weighted by Gasteiger charge is -2.03. The maximum absolute atomic E-state index is 5.78. The summed E-state index contributed by atoms with van der Waals surface area (Å²) in [6, 6.07) is 5.92. The van der Waals surface area contributed by atoms with E-state index in [4.69, 9.17) is 5.73 Å². The molecule has 0 aliphatic carbocycles. The number of pyridine rings is 1. The maximum Gasteiger partial charge on any atom is 0.133 e. The van der Waals surface area contributed by atoms with Crippen LogP contribution in [0.15, 0.2) is 34.2 Å². The number of hydrogen-bond donors (Lipinski definition) is 1. The molecule has 0 atom stereocenters. The van der Waals surface area contributed by atoms with Crippen molar-refractivity contribution in [1.82, 2.24) is 4.98 Å². The first-order chi connectivity index (χ1) is 6.29. The van der Waals surface area contributed by atoms with E-state index in [9.17, 15) is 0 Å². The lowest BCUT2D eigenvalue weighted by atomic mass is 10.2. The number of anilines is 1. The molecule has 2 aromatic heterocycles. The van der Waals surface area contributed by atoms with Gasteiger partial charge in [0.25, 0.3) is 0 Å². The maximum atomic E-state index is 5.78. The Labute approximate surface area is 88.6 Å². The van der Waals surface area contributed by atoms with Crippen LogP contribution in [0.2, 0.25) is 0 Å². The van der Waals surface area contributed by atoms with Gasteiger partial charge in [-0.1, -0.05) is 6.07 Å². The van der Waals surface area contributed by atoms with Crippen molar-refractivity contribution in [2.24, 2.45) is 0 Å². The summed E-state index contributed by atoms with van der Waals surface area (Å²) in [5.41, 5.74) is 6.76. The summed E-state index contributed by atoms with van der Waals surface area (Å²) in [5, 5.41) is 2.02. The van der Waals surface area contributed by atoms with Crippen LogP contribution in [0.25, 0.3) is 10.4 Å². The summed E-state index contributed by atoms with van der Waals surface area (Å²) in [6.45, 7) is 0. The first kappa shape index (κ1) is 8.72. The Balaban J connectivity index is 2.64. The lowest BCUT2D eigenvalue weighted by molar-refractivity contribution is 1.33. The van der Waals surface area contributed by atoms with Crippen LogP contribution in [-0.4, -0.2) is 4.98 Å². The van der Waals surface area contributed by atoms with E-state index in [1.807, 2.05) is 23.6 Å². The van der Waals surface area contributed by atoms with Crippen LogP contribution in [-0.2, 0) is 0 Å². The topological polar surface area (TPSA) is 38.9 Å². The van der Waals surface area contributed by atoms with Crippen molar-refractivity contribution < 1.29 is 0 Å². The third-order valence-corrected chi connectivity index (χ3v) is 3.25. The SMILES string of the molecule is Nc1nccc(Br)c1-c1cccs1. The monoisotopic (exact) mass is 254 g/mol. The molecular formula is C9H7BrN2S. The van der Waals surface area contributed by atoms with Gasteiger partial charge in [-0.2, -0.15) is 0 Å². The molecule has 0 aliphatic rings. The summed E-state index contributed by atoms with van der Waals surface area (Å²) >= 11 is 5.11. The van der Waals surface area contributed by atoms with Crippen molar-refractivity contribution in [3.8, 4) is 10.4 Å². The quantitative estimate of drug-likeness (QED) is 0.850. The van der Waals surface area contributed by atoms with Crippen molar-refractivity contribution >= 4 is 33.1 Å². The van der Waals surface area contributed by atoms with E-state index >= 15 is 0 Å². The zero-order valence-corrected chi connectivity index (χ0v) is 9.10. The first-order valence-corrected chi connectivity index (χ1v) is 5.40. The van der Waals surface area contributed by atoms with E-state index in [0.29, 0.717) is 5.82 Å². The molecule has 2 nitrogen and oxygen atoms in total. The highest BCUT2D eigenvalue weighted by Crippen LogP contribution is 2.34. The van der Waals surface area contributed by atoms with Gasteiger partial charge in [-0.25, -0.2) is 4.98 Å². The van der Waals surface area contributed by atoms with Gasteiger partial charge < -0.3 is 5.73 Å². The highest BCUT2D eigenvalue weighted by molar-refractivity contribution is 9.10. The standard InChI is InChI=1S/C9H7BrN2S/c10-6-3-4-12-9(11)8(6)7-2-1-5-13-7/h1-5H,(H2,11,12). The van der Waals surface area contributed by atoms with Gasteiger partial charge in [-0.3, -0.25) is 0 Å². The number of rotatable bonds is 1. The van der Waals surface area contributed by atoms with E-state index in [1.54, 1.807) is 17.5 Å².